The smallest absolute Gasteiger partial charge is 0.119 e. The van der Waals surface area contributed by atoms with Crippen LogP contribution in [0.3, 0.4) is 0 Å². The van der Waals surface area contributed by atoms with E-state index in [1.165, 1.54) is 11.1 Å². The van der Waals surface area contributed by atoms with Crippen molar-refractivity contribution in [1.82, 2.24) is 0 Å². The quantitative estimate of drug-likeness (QED) is 0.777. The molecule has 0 heterocycles. The Hall–Kier alpha value is -2.02. The van der Waals surface area contributed by atoms with Crippen molar-refractivity contribution in [3.05, 3.63) is 65.7 Å². The Morgan fingerprint density at radius 2 is 1.78 bits per heavy atom. The zero-order chi connectivity index (χ0) is 13.0. The van der Waals surface area contributed by atoms with Crippen LogP contribution in [0.1, 0.15) is 19.4 Å². The summed E-state index contributed by atoms with van der Waals surface area (Å²) in [7, 11) is 0. The molecule has 0 aliphatic heterocycles. The second-order valence-electron chi connectivity index (χ2n) is 4.52. The van der Waals surface area contributed by atoms with Gasteiger partial charge in [0, 0.05) is 0 Å². The zero-order valence-corrected chi connectivity index (χ0v) is 10.9. The van der Waals surface area contributed by atoms with E-state index in [9.17, 15) is 5.11 Å². The van der Waals surface area contributed by atoms with Crippen molar-refractivity contribution in [2.45, 2.75) is 20.3 Å². The Kier molecular flexibility index (Phi) is 3.83. The van der Waals surface area contributed by atoms with E-state index in [1.54, 1.807) is 6.07 Å². The standard InChI is InChI=1S/C17H18O/c1-3-13(2)11-16-12-15(9-10-17(16)18)14-7-5-4-6-8-14/h3-10,12,18H,11H2,1-2H3/b13-3+. The van der Waals surface area contributed by atoms with Gasteiger partial charge in [0.2, 0.25) is 0 Å². The minimum Gasteiger partial charge on any atom is -0.508 e. The summed E-state index contributed by atoms with van der Waals surface area (Å²) in [5.41, 5.74) is 4.56. The Bertz CT molecular complexity index is 553. The van der Waals surface area contributed by atoms with Crippen molar-refractivity contribution in [2.75, 3.05) is 0 Å². The molecule has 0 saturated carbocycles. The van der Waals surface area contributed by atoms with Gasteiger partial charge < -0.3 is 5.11 Å². The average molecular weight is 238 g/mol. The van der Waals surface area contributed by atoms with E-state index in [4.69, 9.17) is 0 Å². The molecule has 0 radical (unpaired) electrons. The van der Waals surface area contributed by atoms with Crippen LogP contribution in [-0.4, -0.2) is 5.11 Å². The molecule has 2 rings (SSSR count). The van der Waals surface area contributed by atoms with E-state index >= 15 is 0 Å². The van der Waals surface area contributed by atoms with E-state index in [0.29, 0.717) is 5.75 Å². The van der Waals surface area contributed by atoms with Crippen LogP contribution < -0.4 is 0 Å². The van der Waals surface area contributed by atoms with E-state index < -0.39 is 0 Å². The van der Waals surface area contributed by atoms with Gasteiger partial charge in [0.05, 0.1) is 0 Å². The highest BCUT2D eigenvalue weighted by Crippen LogP contribution is 2.27. The summed E-state index contributed by atoms with van der Waals surface area (Å²) >= 11 is 0. The van der Waals surface area contributed by atoms with Crippen molar-refractivity contribution in [3.63, 3.8) is 0 Å². The monoisotopic (exact) mass is 238 g/mol. The van der Waals surface area contributed by atoms with Crippen LogP contribution in [0.25, 0.3) is 11.1 Å². The van der Waals surface area contributed by atoms with Gasteiger partial charge in [-0.2, -0.15) is 0 Å². The molecule has 0 bridgehead atoms. The highest BCUT2D eigenvalue weighted by Gasteiger charge is 2.05. The van der Waals surface area contributed by atoms with Gasteiger partial charge in [-0.3, -0.25) is 0 Å². The van der Waals surface area contributed by atoms with Crippen LogP contribution in [0, 0.1) is 0 Å². The average Bonchev–Trinajstić information content (AvgIpc) is 2.42. The lowest BCUT2D eigenvalue weighted by atomic mass is 9.99. The first-order valence-electron chi connectivity index (χ1n) is 6.20. The second kappa shape index (κ2) is 5.54. The Labute approximate surface area is 108 Å². The molecule has 0 aromatic heterocycles. The number of hydrogen-bond acceptors (Lipinski definition) is 1. The predicted octanol–water partition coefficient (Wildman–Crippen LogP) is 4.57. The third-order valence-corrected chi connectivity index (χ3v) is 3.15. The fraction of sp³-hybridized carbons (Fsp3) is 0.176. The lowest BCUT2D eigenvalue weighted by molar-refractivity contribution is 0.469. The largest absolute Gasteiger partial charge is 0.508 e. The first-order chi connectivity index (χ1) is 8.70. The molecule has 1 heteroatoms. The zero-order valence-electron chi connectivity index (χ0n) is 10.9. The second-order valence-corrected chi connectivity index (χ2v) is 4.52. The van der Waals surface area contributed by atoms with Crippen LogP contribution >= 0.6 is 0 Å². The van der Waals surface area contributed by atoms with Crippen molar-refractivity contribution in [2.24, 2.45) is 0 Å². The maximum atomic E-state index is 9.90. The van der Waals surface area contributed by atoms with Crippen LogP contribution in [-0.2, 0) is 6.42 Å². The van der Waals surface area contributed by atoms with Gasteiger partial charge in [-0.05, 0) is 49.1 Å². The van der Waals surface area contributed by atoms with E-state index in [1.807, 2.05) is 31.2 Å². The third kappa shape index (κ3) is 2.80. The molecule has 0 fully saturated rings. The first kappa shape index (κ1) is 12.4. The summed E-state index contributed by atoms with van der Waals surface area (Å²) in [6.45, 7) is 4.10. The van der Waals surface area contributed by atoms with Gasteiger partial charge in [0.15, 0.2) is 0 Å². The number of phenols is 1. The fourth-order valence-corrected chi connectivity index (χ4v) is 1.94. The van der Waals surface area contributed by atoms with Crippen LogP contribution in [0.4, 0.5) is 0 Å². The normalized spacial score (nSPS) is 11.6. The van der Waals surface area contributed by atoms with Crippen molar-refractivity contribution in [3.8, 4) is 16.9 Å². The number of hydrogen-bond donors (Lipinski definition) is 1. The van der Waals surface area contributed by atoms with Crippen LogP contribution in [0.15, 0.2) is 60.2 Å². The molecule has 18 heavy (non-hydrogen) atoms. The van der Waals surface area contributed by atoms with E-state index in [0.717, 1.165) is 17.5 Å². The molecule has 92 valence electrons. The van der Waals surface area contributed by atoms with Crippen molar-refractivity contribution < 1.29 is 5.11 Å². The molecule has 1 nitrogen and oxygen atoms in total. The van der Waals surface area contributed by atoms with Crippen molar-refractivity contribution in [1.29, 1.82) is 0 Å². The Morgan fingerprint density at radius 3 is 2.44 bits per heavy atom. The first-order valence-corrected chi connectivity index (χ1v) is 6.20. The molecule has 0 aliphatic carbocycles. The van der Waals surface area contributed by atoms with Crippen LogP contribution in [0.2, 0.25) is 0 Å². The van der Waals surface area contributed by atoms with E-state index in [2.05, 4.69) is 31.2 Å². The maximum Gasteiger partial charge on any atom is 0.119 e. The van der Waals surface area contributed by atoms with Gasteiger partial charge in [-0.15, -0.1) is 0 Å². The molecule has 2 aromatic carbocycles. The highest BCUT2D eigenvalue weighted by molar-refractivity contribution is 5.65. The molecule has 0 aliphatic rings. The molecule has 0 unspecified atom stereocenters. The molecule has 2 aromatic rings. The summed E-state index contributed by atoms with van der Waals surface area (Å²) in [6.07, 6.45) is 2.87. The number of allylic oxidation sites excluding steroid dienone is 2. The number of aromatic hydroxyl groups is 1. The molecule has 0 saturated heterocycles. The fourth-order valence-electron chi connectivity index (χ4n) is 1.94. The molecule has 0 amide bonds. The molecule has 1 N–H and O–H groups in total. The minimum absolute atomic E-state index is 0.371. The predicted molar refractivity (Wildman–Crippen MR) is 76.7 cm³/mol. The maximum absolute atomic E-state index is 9.90. The van der Waals surface area contributed by atoms with Crippen molar-refractivity contribution >= 4 is 0 Å². The lowest BCUT2D eigenvalue weighted by Gasteiger charge is -2.08. The van der Waals surface area contributed by atoms with Gasteiger partial charge in [-0.1, -0.05) is 48.0 Å². The summed E-state index contributed by atoms with van der Waals surface area (Å²) in [4.78, 5) is 0. The summed E-state index contributed by atoms with van der Waals surface area (Å²) in [6, 6.07) is 16.0. The lowest BCUT2D eigenvalue weighted by Crippen LogP contribution is -1.89. The van der Waals surface area contributed by atoms with Gasteiger partial charge in [0.1, 0.15) is 5.75 Å². The topological polar surface area (TPSA) is 20.2 Å². The van der Waals surface area contributed by atoms with Gasteiger partial charge in [-0.25, -0.2) is 0 Å². The number of phenolic OH excluding ortho intramolecular Hbond substituents is 1. The summed E-state index contributed by atoms with van der Waals surface area (Å²) < 4.78 is 0. The molecule has 0 spiro atoms. The number of rotatable bonds is 3. The SMILES string of the molecule is C/C=C(\C)Cc1cc(-c2ccccc2)ccc1O. The summed E-state index contributed by atoms with van der Waals surface area (Å²) in [5.74, 6) is 0.371. The Morgan fingerprint density at radius 1 is 1.06 bits per heavy atom. The summed E-state index contributed by atoms with van der Waals surface area (Å²) in [5, 5.41) is 9.90. The number of benzene rings is 2. The molecular formula is C17H18O. The third-order valence-electron chi connectivity index (χ3n) is 3.15. The minimum atomic E-state index is 0.371. The molecule has 0 atom stereocenters. The van der Waals surface area contributed by atoms with Gasteiger partial charge in [0.25, 0.3) is 0 Å². The Balaban J connectivity index is 2.38. The van der Waals surface area contributed by atoms with Gasteiger partial charge >= 0.3 is 0 Å². The van der Waals surface area contributed by atoms with Crippen LogP contribution in [0.5, 0.6) is 5.75 Å². The highest BCUT2D eigenvalue weighted by atomic mass is 16.3. The van der Waals surface area contributed by atoms with E-state index in [-0.39, 0.29) is 0 Å². The molecular weight excluding hydrogens is 220 g/mol.